The molecule has 9 heteroatoms. The molecule has 0 bridgehead atoms. The van der Waals surface area contributed by atoms with Crippen LogP contribution in [0.25, 0.3) is 6.08 Å². The maximum Gasteiger partial charge on any atom is 0.338 e. The second-order valence-corrected chi connectivity index (χ2v) is 9.90. The van der Waals surface area contributed by atoms with Crippen molar-refractivity contribution in [2.75, 3.05) is 24.6 Å². The Hall–Kier alpha value is -3.59. The van der Waals surface area contributed by atoms with Crippen molar-refractivity contribution in [3.8, 4) is 5.75 Å². The number of esters is 1. The lowest BCUT2D eigenvalue weighted by Crippen LogP contribution is -2.40. The van der Waals surface area contributed by atoms with E-state index < -0.39 is 12.0 Å². The Kier molecular flexibility index (Phi) is 8.02. The molecule has 0 spiro atoms. The number of carbonyl (C=O) groups is 1. The summed E-state index contributed by atoms with van der Waals surface area (Å²) < 4.78 is 19.2. The smallest absolute Gasteiger partial charge is 0.338 e. The number of allylic oxidation sites excluding steroid dienone is 1. The molecular formula is C28H33N3O5S. The predicted molar refractivity (Wildman–Crippen MR) is 145 cm³/mol. The zero-order chi connectivity index (χ0) is 26.7. The van der Waals surface area contributed by atoms with Crippen LogP contribution in [0.5, 0.6) is 5.75 Å². The number of fused-ring (bicyclic) bond motifs is 1. The lowest BCUT2D eigenvalue weighted by molar-refractivity contribution is -0.143. The summed E-state index contributed by atoms with van der Waals surface area (Å²) in [5.41, 5.74) is 1.39. The zero-order valence-electron chi connectivity index (χ0n) is 22.1. The van der Waals surface area contributed by atoms with E-state index in [1.165, 1.54) is 11.3 Å². The fourth-order valence-corrected chi connectivity index (χ4v) is 5.37. The van der Waals surface area contributed by atoms with Crippen molar-refractivity contribution in [3.05, 3.63) is 78.7 Å². The number of ether oxygens (including phenoxy) is 2. The van der Waals surface area contributed by atoms with Crippen molar-refractivity contribution in [3.63, 3.8) is 0 Å². The number of carbonyl (C=O) groups excluding carboxylic acids is 1. The van der Waals surface area contributed by atoms with Crippen LogP contribution >= 0.6 is 11.3 Å². The van der Waals surface area contributed by atoms with Gasteiger partial charge in [0.1, 0.15) is 11.5 Å². The first-order valence-corrected chi connectivity index (χ1v) is 13.4. The predicted octanol–water partition coefficient (Wildman–Crippen LogP) is 4.02. The van der Waals surface area contributed by atoms with Gasteiger partial charge in [-0.25, -0.2) is 9.79 Å². The highest BCUT2D eigenvalue weighted by atomic mass is 32.1. The van der Waals surface area contributed by atoms with Crippen LogP contribution in [0.4, 0.5) is 5.88 Å². The molecule has 2 aromatic heterocycles. The molecule has 0 saturated carbocycles. The summed E-state index contributed by atoms with van der Waals surface area (Å²) in [5, 5.41) is 0. The van der Waals surface area contributed by atoms with Crippen LogP contribution < -0.4 is 24.5 Å². The largest absolute Gasteiger partial charge is 0.494 e. The molecule has 0 unspecified atom stereocenters. The third-order valence-electron chi connectivity index (χ3n) is 6.05. The molecule has 8 nitrogen and oxygen atoms in total. The number of thiazole rings is 1. The average molecular weight is 524 g/mol. The molecule has 37 heavy (non-hydrogen) atoms. The van der Waals surface area contributed by atoms with Crippen LogP contribution in [0.3, 0.4) is 0 Å². The minimum absolute atomic E-state index is 0.245. The van der Waals surface area contributed by atoms with E-state index in [4.69, 9.17) is 13.9 Å². The number of nitrogens with zero attached hydrogens (tertiary/aromatic N) is 3. The van der Waals surface area contributed by atoms with Gasteiger partial charge in [0.25, 0.3) is 5.56 Å². The van der Waals surface area contributed by atoms with E-state index in [0.717, 1.165) is 24.5 Å². The summed E-state index contributed by atoms with van der Waals surface area (Å²) >= 11 is 1.27. The van der Waals surface area contributed by atoms with Crippen molar-refractivity contribution in [2.45, 2.75) is 53.7 Å². The second-order valence-electron chi connectivity index (χ2n) is 8.89. The highest BCUT2D eigenvalue weighted by Crippen LogP contribution is 2.32. The number of hydrogen-bond acceptors (Lipinski definition) is 8. The summed E-state index contributed by atoms with van der Waals surface area (Å²) in [5.74, 6) is 1.57. The minimum atomic E-state index is -0.678. The molecule has 1 atom stereocenters. The molecule has 0 aliphatic carbocycles. The number of rotatable bonds is 9. The molecule has 196 valence electrons. The highest BCUT2D eigenvalue weighted by Gasteiger charge is 2.33. The Morgan fingerprint density at radius 3 is 2.49 bits per heavy atom. The molecule has 0 fully saturated rings. The topological polar surface area (TPSA) is 86.3 Å². The fourth-order valence-electron chi connectivity index (χ4n) is 4.34. The van der Waals surface area contributed by atoms with Gasteiger partial charge >= 0.3 is 5.97 Å². The Morgan fingerprint density at radius 2 is 1.86 bits per heavy atom. The Bertz CT molecular complexity index is 1470. The molecule has 0 N–H and O–H groups in total. The van der Waals surface area contributed by atoms with E-state index in [1.54, 1.807) is 31.4 Å². The highest BCUT2D eigenvalue weighted by molar-refractivity contribution is 7.07. The van der Waals surface area contributed by atoms with Gasteiger partial charge in [0.05, 0.1) is 34.6 Å². The van der Waals surface area contributed by atoms with Crippen LogP contribution in [-0.2, 0) is 9.53 Å². The SMILES string of the molecule is CCOc1ccc([C@H]2C(C(=O)OC(C)C)=C(C)N=c3s/c(=C/c4ccc(N(CC)CC)o4)c(=O)n32)cc1. The van der Waals surface area contributed by atoms with Gasteiger partial charge in [-0.05, 0) is 65.3 Å². The number of aromatic nitrogens is 1. The van der Waals surface area contributed by atoms with Gasteiger partial charge in [-0.1, -0.05) is 23.5 Å². The number of furan rings is 1. The Balaban J connectivity index is 1.85. The van der Waals surface area contributed by atoms with Gasteiger partial charge in [0.15, 0.2) is 10.7 Å². The number of hydrogen-bond donors (Lipinski definition) is 0. The van der Waals surface area contributed by atoms with E-state index in [-0.39, 0.29) is 11.7 Å². The first-order valence-electron chi connectivity index (χ1n) is 12.6. The zero-order valence-corrected chi connectivity index (χ0v) is 22.9. The molecule has 1 aromatic carbocycles. The van der Waals surface area contributed by atoms with Gasteiger partial charge in [0, 0.05) is 25.2 Å². The molecule has 0 saturated heterocycles. The lowest BCUT2D eigenvalue weighted by Gasteiger charge is -2.25. The molecule has 1 aliphatic rings. The van der Waals surface area contributed by atoms with Crippen molar-refractivity contribution < 1.29 is 18.7 Å². The molecule has 0 radical (unpaired) electrons. The van der Waals surface area contributed by atoms with Crippen LogP contribution in [0.1, 0.15) is 58.9 Å². The van der Waals surface area contributed by atoms with Crippen molar-refractivity contribution in [1.29, 1.82) is 0 Å². The van der Waals surface area contributed by atoms with Gasteiger partial charge in [-0.2, -0.15) is 0 Å². The monoisotopic (exact) mass is 523 g/mol. The van der Waals surface area contributed by atoms with E-state index in [2.05, 4.69) is 23.7 Å². The first kappa shape index (κ1) is 26.5. The van der Waals surface area contributed by atoms with Gasteiger partial charge in [-0.3, -0.25) is 9.36 Å². The van der Waals surface area contributed by atoms with E-state index in [1.807, 2.05) is 43.3 Å². The standard InChI is InChI=1S/C28H33N3O5S/c1-7-30(8-2)23-15-14-21(36-23)16-22-26(32)31-25(19-10-12-20(13-11-19)34-9-3)24(27(33)35-17(4)5)18(6)29-28(31)37-22/h10-17,25H,7-9H2,1-6H3/b22-16+/t25-/m0/s1. The fraction of sp³-hybridized carbons (Fsp3) is 0.393. The quantitative estimate of drug-likeness (QED) is 0.394. The van der Waals surface area contributed by atoms with Crippen molar-refractivity contribution in [2.24, 2.45) is 4.99 Å². The summed E-state index contributed by atoms with van der Waals surface area (Å²) in [6.45, 7) is 13.6. The van der Waals surface area contributed by atoms with Crippen molar-refractivity contribution >= 4 is 29.3 Å². The molecule has 1 aliphatic heterocycles. The minimum Gasteiger partial charge on any atom is -0.494 e. The lowest BCUT2D eigenvalue weighted by atomic mass is 9.96. The van der Waals surface area contributed by atoms with Crippen molar-refractivity contribution in [1.82, 2.24) is 4.57 Å². The summed E-state index contributed by atoms with van der Waals surface area (Å²) in [4.78, 5) is 34.2. The molecule has 0 amide bonds. The van der Waals surface area contributed by atoms with Gasteiger partial charge in [-0.15, -0.1) is 0 Å². The van der Waals surface area contributed by atoms with Gasteiger partial charge < -0.3 is 18.8 Å². The van der Waals surface area contributed by atoms with E-state index >= 15 is 0 Å². The maximum atomic E-state index is 13.8. The normalized spacial score (nSPS) is 15.5. The second kappa shape index (κ2) is 11.2. The first-order chi connectivity index (χ1) is 17.8. The average Bonchev–Trinajstić information content (AvgIpc) is 3.44. The maximum absolute atomic E-state index is 13.8. The summed E-state index contributed by atoms with van der Waals surface area (Å²) in [7, 11) is 0. The third kappa shape index (κ3) is 5.41. The Morgan fingerprint density at radius 1 is 1.16 bits per heavy atom. The number of benzene rings is 1. The Labute approximate surface area is 220 Å². The number of anilines is 1. The van der Waals surface area contributed by atoms with Crippen LogP contribution in [-0.4, -0.2) is 36.3 Å². The van der Waals surface area contributed by atoms with E-state index in [0.29, 0.717) is 38.7 Å². The molecule has 4 rings (SSSR count). The molecule has 3 aromatic rings. The van der Waals surface area contributed by atoms with E-state index in [9.17, 15) is 9.59 Å². The summed E-state index contributed by atoms with van der Waals surface area (Å²) in [6.07, 6.45) is 1.43. The van der Waals surface area contributed by atoms with Gasteiger partial charge in [0.2, 0.25) is 0 Å². The van der Waals surface area contributed by atoms with Crippen LogP contribution in [0.2, 0.25) is 0 Å². The third-order valence-corrected chi connectivity index (χ3v) is 7.04. The van der Waals surface area contributed by atoms with Crippen LogP contribution in [0, 0.1) is 0 Å². The summed E-state index contributed by atoms with van der Waals surface area (Å²) in [6, 6.07) is 10.5. The molecular weight excluding hydrogens is 490 g/mol. The van der Waals surface area contributed by atoms with Crippen LogP contribution in [0.15, 0.2) is 61.9 Å². The molecule has 3 heterocycles.